The standard InChI is InChI=1S/C23H23N3O5/c1-11-4-6-17(31-11)20-19-14(24-22-21(20)23(28)26-25-22)8-13(9-15(19)27)12-5-7-16(29-2)18(10-12)30-3/h4-7,10,13,20H,8-9H2,1-3H3,(H3,24,25,26,28)/t13-,20-/m1/s1. The SMILES string of the molecule is COc1ccc([C@H]2CC(=O)C3=C(C2)Nc2[nH][nH]c(=O)c2[C@@H]3c2ccc(C)o2)cc1OC. The van der Waals surface area contributed by atoms with Crippen LogP contribution in [0.2, 0.25) is 0 Å². The number of anilines is 1. The quantitative estimate of drug-likeness (QED) is 0.594. The average Bonchev–Trinajstić information content (AvgIpc) is 3.37. The number of methoxy groups -OCH3 is 2. The van der Waals surface area contributed by atoms with Crippen molar-refractivity contribution in [2.45, 2.75) is 31.6 Å². The molecule has 0 saturated heterocycles. The molecule has 0 unspecified atom stereocenters. The van der Waals surface area contributed by atoms with E-state index in [2.05, 4.69) is 15.5 Å². The van der Waals surface area contributed by atoms with Gasteiger partial charge in [-0.15, -0.1) is 0 Å². The Kier molecular flexibility index (Phi) is 4.50. The number of ketones is 1. The number of Topliss-reactive ketones (excluding diaryl/α,β-unsaturated/α-hetero) is 1. The van der Waals surface area contributed by atoms with E-state index < -0.39 is 5.92 Å². The summed E-state index contributed by atoms with van der Waals surface area (Å²) in [6.07, 6.45) is 0.962. The molecule has 8 heteroatoms. The van der Waals surface area contributed by atoms with Crippen LogP contribution in [0.3, 0.4) is 0 Å². The number of aryl methyl sites for hydroxylation is 1. The van der Waals surface area contributed by atoms with Crippen molar-refractivity contribution in [1.29, 1.82) is 0 Å². The van der Waals surface area contributed by atoms with Crippen LogP contribution in [0.4, 0.5) is 5.82 Å². The van der Waals surface area contributed by atoms with E-state index >= 15 is 0 Å². The van der Waals surface area contributed by atoms with Crippen LogP contribution in [-0.2, 0) is 4.79 Å². The van der Waals surface area contributed by atoms with Gasteiger partial charge in [0, 0.05) is 17.7 Å². The summed E-state index contributed by atoms with van der Waals surface area (Å²) in [5, 5.41) is 8.81. The van der Waals surface area contributed by atoms with Crippen molar-refractivity contribution in [2.75, 3.05) is 19.5 Å². The maximum atomic E-state index is 13.4. The van der Waals surface area contributed by atoms with Gasteiger partial charge in [0.15, 0.2) is 17.3 Å². The first kappa shape index (κ1) is 19.3. The van der Waals surface area contributed by atoms with Gasteiger partial charge in [-0.3, -0.25) is 19.8 Å². The van der Waals surface area contributed by atoms with Crippen LogP contribution in [0, 0.1) is 6.92 Å². The molecule has 2 aliphatic rings. The van der Waals surface area contributed by atoms with E-state index in [1.54, 1.807) is 14.2 Å². The number of carbonyl (C=O) groups excluding carboxylic acids is 1. The summed E-state index contributed by atoms with van der Waals surface area (Å²) >= 11 is 0. The van der Waals surface area contributed by atoms with Gasteiger partial charge in [0.1, 0.15) is 17.3 Å². The molecule has 0 spiro atoms. The zero-order valence-electron chi connectivity index (χ0n) is 17.5. The highest BCUT2D eigenvalue weighted by Gasteiger charge is 2.41. The second-order valence-corrected chi connectivity index (χ2v) is 7.91. The van der Waals surface area contributed by atoms with Gasteiger partial charge in [0.25, 0.3) is 5.56 Å². The molecular weight excluding hydrogens is 398 g/mol. The zero-order valence-corrected chi connectivity index (χ0v) is 17.5. The number of benzene rings is 1. The lowest BCUT2D eigenvalue weighted by Crippen LogP contribution is -2.31. The van der Waals surface area contributed by atoms with Gasteiger partial charge in [0.05, 0.1) is 25.7 Å². The highest BCUT2D eigenvalue weighted by molar-refractivity contribution is 6.01. The van der Waals surface area contributed by atoms with Gasteiger partial charge < -0.3 is 19.2 Å². The van der Waals surface area contributed by atoms with E-state index in [1.807, 2.05) is 37.3 Å². The van der Waals surface area contributed by atoms with Gasteiger partial charge in [0.2, 0.25) is 0 Å². The van der Waals surface area contributed by atoms with E-state index in [0.29, 0.717) is 47.1 Å². The molecular formula is C23H23N3O5. The summed E-state index contributed by atoms with van der Waals surface area (Å²) in [6.45, 7) is 1.85. The average molecular weight is 421 g/mol. The number of H-pyrrole nitrogens is 2. The van der Waals surface area contributed by atoms with Gasteiger partial charge in [-0.1, -0.05) is 6.07 Å². The molecule has 1 aliphatic carbocycles. The first-order valence-electron chi connectivity index (χ1n) is 10.1. The van der Waals surface area contributed by atoms with Crippen molar-refractivity contribution in [1.82, 2.24) is 10.2 Å². The number of aromatic nitrogens is 2. The topological polar surface area (TPSA) is 109 Å². The first-order valence-corrected chi connectivity index (χ1v) is 10.1. The third kappa shape index (κ3) is 3.06. The number of fused-ring (bicyclic) bond motifs is 1. The van der Waals surface area contributed by atoms with Crippen molar-refractivity contribution < 1.29 is 18.7 Å². The minimum absolute atomic E-state index is 0.00108. The Labute approximate surface area is 178 Å². The van der Waals surface area contributed by atoms with Crippen molar-refractivity contribution in [3.05, 3.63) is 74.6 Å². The molecule has 160 valence electrons. The van der Waals surface area contributed by atoms with Crippen LogP contribution in [0.5, 0.6) is 11.5 Å². The second kappa shape index (κ2) is 7.23. The van der Waals surface area contributed by atoms with Crippen LogP contribution in [0.1, 0.15) is 47.3 Å². The maximum Gasteiger partial charge on any atom is 0.270 e. The summed E-state index contributed by atoms with van der Waals surface area (Å²) in [6, 6.07) is 9.41. The highest BCUT2D eigenvalue weighted by atomic mass is 16.5. The number of furan rings is 1. The van der Waals surface area contributed by atoms with Crippen LogP contribution in [0.25, 0.3) is 0 Å². The van der Waals surface area contributed by atoms with Crippen LogP contribution >= 0.6 is 0 Å². The number of aromatic amines is 2. The van der Waals surface area contributed by atoms with Gasteiger partial charge >= 0.3 is 0 Å². The fourth-order valence-corrected chi connectivity index (χ4v) is 4.66. The molecule has 3 aromatic rings. The third-order valence-electron chi connectivity index (χ3n) is 6.10. The van der Waals surface area contributed by atoms with Crippen LogP contribution < -0.4 is 20.3 Å². The Morgan fingerprint density at radius 2 is 1.81 bits per heavy atom. The molecule has 2 aromatic heterocycles. The zero-order chi connectivity index (χ0) is 21.7. The maximum absolute atomic E-state index is 13.4. The van der Waals surface area contributed by atoms with Crippen molar-refractivity contribution in [2.24, 2.45) is 0 Å². The van der Waals surface area contributed by atoms with Gasteiger partial charge in [-0.25, -0.2) is 0 Å². The van der Waals surface area contributed by atoms with E-state index in [4.69, 9.17) is 13.9 Å². The number of rotatable bonds is 4. The predicted octanol–water partition coefficient (Wildman–Crippen LogP) is 3.58. The largest absolute Gasteiger partial charge is 0.493 e. The van der Waals surface area contributed by atoms with E-state index in [-0.39, 0.29) is 17.3 Å². The molecule has 0 amide bonds. The number of nitrogens with one attached hydrogen (secondary N) is 3. The highest BCUT2D eigenvalue weighted by Crippen LogP contribution is 2.47. The summed E-state index contributed by atoms with van der Waals surface area (Å²) < 4.78 is 16.6. The second-order valence-electron chi connectivity index (χ2n) is 7.91. The van der Waals surface area contributed by atoms with Gasteiger partial charge in [-0.2, -0.15) is 0 Å². The Morgan fingerprint density at radius 3 is 2.52 bits per heavy atom. The Morgan fingerprint density at radius 1 is 1.00 bits per heavy atom. The summed E-state index contributed by atoms with van der Waals surface area (Å²) in [5.74, 6) is 2.62. The molecule has 1 aromatic carbocycles. The van der Waals surface area contributed by atoms with Crippen molar-refractivity contribution in [3.8, 4) is 11.5 Å². The lowest BCUT2D eigenvalue weighted by atomic mass is 9.74. The summed E-state index contributed by atoms with van der Waals surface area (Å²) in [7, 11) is 3.19. The normalized spacial score (nSPS) is 20.2. The lowest BCUT2D eigenvalue weighted by Gasteiger charge is -2.33. The fraction of sp³-hybridized carbons (Fsp3) is 0.304. The van der Waals surface area contributed by atoms with Crippen molar-refractivity contribution >= 4 is 11.6 Å². The van der Waals surface area contributed by atoms with Crippen molar-refractivity contribution in [3.63, 3.8) is 0 Å². The number of hydrogen-bond acceptors (Lipinski definition) is 6. The Balaban J connectivity index is 1.58. The molecule has 3 heterocycles. The molecule has 3 N–H and O–H groups in total. The number of carbonyl (C=O) groups is 1. The molecule has 0 saturated carbocycles. The first-order chi connectivity index (χ1) is 15.0. The lowest BCUT2D eigenvalue weighted by molar-refractivity contribution is -0.116. The van der Waals surface area contributed by atoms with E-state index in [9.17, 15) is 9.59 Å². The van der Waals surface area contributed by atoms with Crippen LogP contribution in [0.15, 0.2) is 50.8 Å². The minimum Gasteiger partial charge on any atom is -0.493 e. The molecule has 8 nitrogen and oxygen atoms in total. The molecule has 31 heavy (non-hydrogen) atoms. The van der Waals surface area contributed by atoms with E-state index in [1.165, 1.54) is 0 Å². The number of ether oxygens (including phenoxy) is 2. The Bertz CT molecular complexity index is 1260. The smallest absolute Gasteiger partial charge is 0.270 e. The monoisotopic (exact) mass is 421 g/mol. The minimum atomic E-state index is -0.534. The van der Waals surface area contributed by atoms with E-state index in [0.717, 1.165) is 17.0 Å². The van der Waals surface area contributed by atoms with Gasteiger partial charge in [-0.05, 0) is 49.1 Å². The number of allylic oxidation sites excluding steroid dienone is 2. The predicted molar refractivity (Wildman–Crippen MR) is 114 cm³/mol. The molecule has 0 bridgehead atoms. The summed E-state index contributed by atoms with van der Waals surface area (Å²) in [4.78, 5) is 25.9. The Hall–Kier alpha value is -3.68. The molecule has 2 atom stereocenters. The molecule has 5 rings (SSSR count). The summed E-state index contributed by atoms with van der Waals surface area (Å²) in [5.41, 5.74) is 2.62. The fourth-order valence-electron chi connectivity index (χ4n) is 4.66. The van der Waals surface area contributed by atoms with Crippen LogP contribution in [-0.4, -0.2) is 30.2 Å². The molecule has 0 radical (unpaired) electrons. The molecule has 1 aliphatic heterocycles. The third-order valence-corrected chi connectivity index (χ3v) is 6.10. The number of hydrogen-bond donors (Lipinski definition) is 3. The molecule has 0 fully saturated rings.